The molecule has 1 N–H and O–H groups in total. The maximum atomic E-state index is 13.3. The zero-order chi connectivity index (χ0) is 15.5. The minimum Gasteiger partial charge on any atom is -0.207 e. The van der Waals surface area contributed by atoms with Crippen molar-refractivity contribution in [2.24, 2.45) is 0 Å². The molecule has 0 bridgehead atoms. The van der Waals surface area contributed by atoms with E-state index in [4.69, 9.17) is 11.6 Å². The molecule has 0 aromatic heterocycles. The summed E-state index contributed by atoms with van der Waals surface area (Å²) in [4.78, 5) is -0.0754. The first-order chi connectivity index (χ1) is 9.94. The summed E-state index contributed by atoms with van der Waals surface area (Å²) in [5.41, 5.74) is 1.23. The van der Waals surface area contributed by atoms with E-state index in [0.29, 0.717) is 5.56 Å². The molecule has 0 aliphatic carbocycles. The standard InChI is InChI=1S/C15H15ClFNO2S/c1-11-7-8-13(17)9-15(11)21(19,20)18-14(10-16)12-5-3-2-4-6-12/h2-9,14,18H,10H2,1H3. The third-order valence-corrected chi connectivity index (χ3v) is 5.02. The molecule has 1 unspecified atom stereocenters. The molecule has 0 aliphatic heterocycles. The highest BCUT2D eigenvalue weighted by Gasteiger charge is 2.22. The summed E-state index contributed by atoms with van der Waals surface area (Å²) in [6.07, 6.45) is 0. The third-order valence-electron chi connectivity index (χ3n) is 3.09. The van der Waals surface area contributed by atoms with Gasteiger partial charge in [0.1, 0.15) is 5.82 Å². The molecule has 0 aliphatic rings. The van der Waals surface area contributed by atoms with Gasteiger partial charge in [0.2, 0.25) is 10.0 Å². The maximum absolute atomic E-state index is 13.3. The smallest absolute Gasteiger partial charge is 0.207 e. The van der Waals surface area contributed by atoms with Gasteiger partial charge in [-0.2, -0.15) is 0 Å². The molecule has 2 rings (SSSR count). The Morgan fingerprint density at radius 2 is 1.86 bits per heavy atom. The first-order valence-electron chi connectivity index (χ1n) is 6.33. The van der Waals surface area contributed by atoms with Crippen LogP contribution in [0.2, 0.25) is 0 Å². The van der Waals surface area contributed by atoms with E-state index in [9.17, 15) is 12.8 Å². The molecule has 2 aromatic rings. The van der Waals surface area contributed by atoms with Crippen LogP contribution in [0.25, 0.3) is 0 Å². The Hall–Kier alpha value is -1.43. The number of hydrogen-bond acceptors (Lipinski definition) is 2. The number of halogens is 2. The summed E-state index contributed by atoms with van der Waals surface area (Å²) in [5, 5.41) is 0. The molecule has 3 nitrogen and oxygen atoms in total. The van der Waals surface area contributed by atoms with Crippen molar-refractivity contribution in [3.63, 3.8) is 0 Å². The van der Waals surface area contributed by atoms with Gasteiger partial charge in [-0.25, -0.2) is 17.5 Å². The van der Waals surface area contributed by atoms with Gasteiger partial charge in [0.05, 0.1) is 10.9 Å². The van der Waals surface area contributed by atoms with Crippen LogP contribution >= 0.6 is 11.6 Å². The average Bonchev–Trinajstić information content (AvgIpc) is 2.48. The number of sulfonamides is 1. The Morgan fingerprint density at radius 3 is 2.48 bits per heavy atom. The number of nitrogens with one attached hydrogen (secondary N) is 1. The Kier molecular flexibility index (Phi) is 4.98. The van der Waals surface area contributed by atoms with E-state index in [-0.39, 0.29) is 10.8 Å². The molecule has 112 valence electrons. The largest absolute Gasteiger partial charge is 0.241 e. The van der Waals surface area contributed by atoms with E-state index in [1.165, 1.54) is 12.1 Å². The quantitative estimate of drug-likeness (QED) is 0.856. The van der Waals surface area contributed by atoms with Crippen LogP contribution in [0.1, 0.15) is 17.2 Å². The Labute approximate surface area is 128 Å². The van der Waals surface area contributed by atoms with E-state index in [1.807, 2.05) is 6.07 Å². The highest BCUT2D eigenvalue weighted by molar-refractivity contribution is 7.89. The summed E-state index contributed by atoms with van der Waals surface area (Å²) < 4.78 is 40.6. The van der Waals surface area contributed by atoms with Gasteiger partial charge in [-0.15, -0.1) is 11.6 Å². The molecule has 0 saturated carbocycles. The van der Waals surface area contributed by atoms with Crippen molar-refractivity contribution in [2.75, 3.05) is 5.88 Å². The second-order valence-electron chi connectivity index (χ2n) is 4.65. The van der Waals surface area contributed by atoms with E-state index in [1.54, 1.807) is 31.2 Å². The molecule has 0 heterocycles. The van der Waals surface area contributed by atoms with Crippen molar-refractivity contribution in [3.05, 3.63) is 65.5 Å². The van der Waals surface area contributed by atoms with Crippen molar-refractivity contribution in [1.29, 1.82) is 0 Å². The Morgan fingerprint density at radius 1 is 1.19 bits per heavy atom. The SMILES string of the molecule is Cc1ccc(F)cc1S(=O)(=O)NC(CCl)c1ccccc1. The molecule has 0 radical (unpaired) electrons. The molecule has 0 spiro atoms. The van der Waals surface area contributed by atoms with Crippen LogP contribution in [0.4, 0.5) is 4.39 Å². The Balaban J connectivity index is 2.34. The number of benzene rings is 2. The van der Waals surface area contributed by atoms with Crippen LogP contribution in [0.15, 0.2) is 53.4 Å². The van der Waals surface area contributed by atoms with E-state index in [2.05, 4.69) is 4.72 Å². The molecule has 21 heavy (non-hydrogen) atoms. The molecule has 0 amide bonds. The van der Waals surface area contributed by atoms with Crippen molar-refractivity contribution in [3.8, 4) is 0 Å². The highest BCUT2D eigenvalue weighted by Crippen LogP contribution is 2.21. The summed E-state index contributed by atoms with van der Waals surface area (Å²) in [7, 11) is -3.85. The van der Waals surface area contributed by atoms with Crippen LogP contribution in [-0.4, -0.2) is 14.3 Å². The van der Waals surface area contributed by atoms with Crippen LogP contribution in [-0.2, 0) is 10.0 Å². The van der Waals surface area contributed by atoms with Gasteiger partial charge >= 0.3 is 0 Å². The zero-order valence-electron chi connectivity index (χ0n) is 11.4. The monoisotopic (exact) mass is 327 g/mol. The zero-order valence-corrected chi connectivity index (χ0v) is 13.0. The third kappa shape index (κ3) is 3.81. The molecule has 0 saturated heterocycles. The predicted octanol–water partition coefficient (Wildman–Crippen LogP) is 3.39. The van der Waals surface area contributed by atoms with Crippen LogP contribution < -0.4 is 4.72 Å². The molecule has 6 heteroatoms. The first kappa shape index (κ1) is 15.9. The average molecular weight is 328 g/mol. The predicted molar refractivity (Wildman–Crippen MR) is 81.4 cm³/mol. The number of hydrogen-bond donors (Lipinski definition) is 1. The molecule has 1 atom stereocenters. The van der Waals surface area contributed by atoms with Crippen molar-refractivity contribution in [2.45, 2.75) is 17.9 Å². The van der Waals surface area contributed by atoms with E-state index in [0.717, 1.165) is 11.6 Å². The Bertz CT molecular complexity index is 720. The van der Waals surface area contributed by atoms with E-state index >= 15 is 0 Å². The first-order valence-corrected chi connectivity index (χ1v) is 8.35. The summed E-state index contributed by atoms with van der Waals surface area (Å²) in [6, 6.07) is 12.1. The van der Waals surface area contributed by atoms with Gasteiger partial charge < -0.3 is 0 Å². The number of rotatable bonds is 5. The second kappa shape index (κ2) is 6.56. The minimum absolute atomic E-state index is 0.0754. The van der Waals surface area contributed by atoms with Crippen molar-refractivity contribution >= 4 is 21.6 Å². The second-order valence-corrected chi connectivity index (χ2v) is 6.64. The molecule has 0 fully saturated rings. The normalized spacial score (nSPS) is 13.1. The van der Waals surface area contributed by atoms with Gasteiger partial charge in [0.15, 0.2) is 0 Å². The molecular weight excluding hydrogens is 313 g/mol. The summed E-state index contributed by atoms with van der Waals surface area (Å²) in [5.74, 6) is -0.513. The lowest BCUT2D eigenvalue weighted by atomic mass is 10.1. The number of aryl methyl sites for hydroxylation is 1. The highest BCUT2D eigenvalue weighted by atomic mass is 35.5. The number of alkyl halides is 1. The lowest BCUT2D eigenvalue weighted by molar-refractivity contribution is 0.564. The summed E-state index contributed by atoms with van der Waals surface area (Å²) in [6.45, 7) is 1.62. The lowest BCUT2D eigenvalue weighted by Gasteiger charge is -2.17. The fourth-order valence-corrected chi connectivity index (χ4v) is 3.82. The summed E-state index contributed by atoms with van der Waals surface area (Å²) >= 11 is 5.87. The van der Waals surface area contributed by atoms with Gasteiger partial charge in [0.25, 0.3) is 0 Å². The van der Waals surface area contributed by atoms with Crippen molar-refractivity contribution in [1.82, 2.24) is 4.72 Å². The fraction of sp³-hybridized carbons (Fsp3) is 0.200. The lowest BCUT2D eigenvalue weighted by Crippen LogP contribution is -2.30. The molecular formula is C15H15ClFNO2S. The maximum Gasteiger partial charge on any atom is 0.241 e. The van der Waals surface area contributed by atoms with Crippen molar-refractivity contribution < 1.29 is 12.8 Å². The molecule has 2 aromatic carbocycles. The fourth-order valence-electron chi connectivity index (χ4n) is 1.99. The topological polar surface area (TPSA) is 46.2 Å². The van der Waals surface area contributed by atoms with E-state index < -0.39 is 21.9 Å². The van der Waals surface area contributed by atoms with Gasteiger partial charge in [-0.1, -0.05) is 36.4 Å². The van der Waals surface area contributed by atoms with Gasteiger partial charge in [-0.3, -0.25) is 0 Å². The van der Waals surface area contributed by atoms with Crippen LogP contribution in [0.3, 0.4) is 0 Å². The van der Waals surface area contributed by atoms with Gasteiger partial charge in [0, 0.05) is 5.88 Å². The van der Waals surface area contributed by atoms with Crippen LogP contribution in [0.5, 0.6) is 0 Å². The van der Waals surface area contributed by atoms with Gasteiger partial charge in [-0.05, 0) is 30.2 Å². The minimum atomic E-state index is -3.85. The van der Waals surface area contributed by atoms with Crippen LogP contribution in [0, 0.1) is 12.7 Å².